The maximum atomic E-state index is 2.48. The molecule has 0 N–H and O–H groups in total. The molecule has 1 rings (SSSR count). The van der Waals surface area contributed by atoms with Gasteiger partial charge in [0.05, 0.1) is 0 Å². The minimum Gasteiger partial charge on any atom is -0.300 e. The standard InChI is InChI=1S/C12H23N/c1-10(2)9-13(4)12-7-5-11(3)6-8-12/h5,7,10-12H,6,8-9H2,1-4H3. The first-order valence-corrected chi connectivity index (χ1v) is 5.48. The van der Waals surface area contributed by atoms with E-state index in [1.54, 1.807) is 0 Å². The third-order valence-corrected chi connectivity index (χ3v) is 2.80. The van der Waals surface area contributed by atoms with Crippen LogP contribution < -0.4 is 0 Å². The van der Waals surface area contributed by atoms with E-state index in [0.717, 1.165) is 11.8 Å². The Morgan fingerprint density at radius 1 is 1.31 bits per heavy atom. The molecule has 0 spiro atoms. The van der Waals surface area contributed by atoms with Crippen LogP contribution in [0.3, 0.4) is 0 Å². The number of allylic oxidation sites excluding steroid dienone is 1. The first kappa shape index (κ1) is 10.8. The Balaban J connectivity index is 2.39. The highest BCUT2D eigenvalue weighted by atomic mass is 15.1. The number of hydrogen-bond donors (Lipinski definition) is 0. The van der Waals surface area contributed by atoms with Crippen molar-refractivity contribution in [3.8, 4) is 0 Å². The van der Waals surface area contributed by atoms with Gasteiger partial charge in [-0.05, 0) is 31.7 Å². The van der Waals surface area contributed by atoms with E-state index in [1.165, 1.54) is 19.4 Å². The summed E-state index contributed by atoms with van der Waals surface area (Å²) in [5, 5.41) is 0. The van der Waals surface area contributed by atoms with Crippen molar-refractivity contribution in [2.75, 3.05) is 13.6 Å². The Hall–Kier alpha value is -0.300. The minimum absolute atomic E-state index is 0.693. The highest BCUT2D eigenvalue weighted by Crippen LogP contribution is 2.20. The molecule has 76 valence electrons. The van der Waals surface area contributed by atoms with E-state index in [-0.39, 0.29) is 0 Å². The van der Waals surface area contributed by atoms with Gasteiger partial charge in [0.25, 0.3) is 0 Å². The Morgan fingerprint density at radius 2 is 2.00 bits per heavy atom. The Bertz CT molecular complexity index is 172. The quantitative estimate of drug-likeness (QED) is 0.605. The summed E-state index contributed by atoms with van der Waals surface area (Å²) in [6, 6.07) is 0.693. The fourth-order valence-corrected chi connectivity index (χ4v) is 2.02. The first-order chi connectivity index (χ1) is 6.09. The number of rotatable bonds is 3. The van der Waals surface area contributed by atoms with Crippen LogP contribution in [0.1, 0.15) is 33.6 Å². The average Bonchev–Trinajstić information content (AvgIpc) is 2.04. The van der Waals surface area contributed by atoms with Crippen LogP contribution in [-0.4, -0.2) is 24.5 Å². The molecule has 0 radical (unpaired) electrons. The summed E-state index contributed by atoms with van der Waals surface area (Å²) in [4.78, 5) is 2.48. The lowest BCUT2D eigenvalue weighted by Crippen LogP contribution is -2.34. The normalized spacial score (nSPS) is 28.8. The SMILES string of the molecule is CC(C)CN(C)C1C=CC(C)CC1. The molecule has 2 unspecified atom stereocenters. The van der Waals surface area contributed by atoms with Gasteiger partial charge < -0.3 is 0 Å². The van der Waals surface area contributed by atoms with Crippen LogP contribution >= 0.6 is 0 Å². The van der Waals surface area contributed by atoms with Crippen LogP contribution in [0.5, 0.6) is 0 Å². The van der Waals surface area contributed by atoms with Crippen LogP contribution in [-0.2, 0) is 0 Å². The molecule has 1 heteroatoms. The second-order valence-corrected chi connectivity index (χ2v) is 4.84. The fourth-order valence-electron chi connectivity index (χ4n) is 2.02. The van der Waals surface area contributed by atoms with Gasteiger partial charge in [-0.15, -0.1) is 0 Å². The van der Waals surface area contributed by atoms with E-state index < -0.39 is 0 Å². The lowest BCUT2D eigenvalue weighted by Gasteiger charge is -2.30. The second kappa shape index (κ2) is 4.80. The third-order valence-electron chi connectivity index (χ3n) is 2.80. The van der Waals surface area contributed by atoms with E-state index in [2.05, 4.69) is 44.9 Å². The largest absolute Gasteiger partial charge is 0.300 e. The van der Waals surface area contributed by atoms with Gasteiger partial charge in [-0.1, -0.05) is 32.9 Å². The average molecular weight is 181 g/mol. The molecule has 0 aromatic rings. The van der Waals surface area contributed by atoms with Crippen molar-refractivity contribution < 1.29 is 0 Å². The zero-order chi connectivity index (χ0) is 9.84. The summed E-state index contributed by atoms with van der Waals surface area (Å²) in [5.41, 5.74) is 0. The molecule has 2 atom stereocenters. The molecule has 1 aliphatic rings. The molecular weight excluding hydrogens is 158 g/mol. The van der Waals surface area contributed by atoms with Gasteiger partial charge in [-0.25, -0.2) is 0 Å². The third kappa shape index (κ3) is 3.51. The van der Waals surface area contributed by atoms with E-state index in [1.807, 2.05) is 0 Å². The van der Waals surface area contributed by atoms with Crippen LogP contribution in [0.15, 0.2) is 12.2 Å². The van der Waals surface area contributed by atoms with Crippen LogP contribution in [0.25, 0.3) is 0 Å². The van der Waals surface area contributed by atoms with Crippen molar-refractivity contribution in [3.63, 3.8) is 0 Å². The monoisotopic (exact) mass is 181 g/mol. The molecule has 0 heterocycles. The molecule has 0 aromatic heterocycles. The van der Waals surface area contributed by atoms with Crippen molar-refractivity contribution >= 4 is 0 Å². The van der Waals surface area contributed by atoms with Crippen molar-refractivity contribution in [1.82, 2.24) is 4.90 Å². The fraction of sp³-hybridized carbons (Fsp3) is 0.833. The zero-order valence-electron chi connectivity index (χ0n) is 9.46. The lowest BCUT2D eigenvalue weighted by atomic mass is 9.93. The van der Waals surface area contributed by atoms with Crippen molar-refractivity contribution in [2.45, 2.75) is 39.7 Å². The molecule has 1 nitrogen and oxygen atoms in total. The lowest BCUT2D eigenvalue weighted by molar-refractivity contribution is 0.228. The minimum atomic E-state index is 0.693. The van der Waals surface area contributed by atoms with Crippen molar-refractivity contribution in [2.24, 2.45) is 11.8 Å². The van der Waals surface area contributed by atoms with E-state index >= 15 is 0 Å². The molecule has 0 aromatic carbocycles. The molecular formula is C12H23N. The van der Waals surface area contributed by atoms with Crippen LogP contribution in [0.2, 0.25) is 0 Å². The van der Waals surface area contributed by atoms with Gasteiger partial charge in [-0.2, -0.15) is 0 Å². The molecule has 0 saturated carbocycles. The summed E-state index contributed by atoms with van der Waals surface area (Å²) in [7, 11) is 2.24. The molecule has 0 bridgehead atoms. The van der Waals surface area contributed by atoms with Gasteiger partial charge in [0, 0.05) is 12.6 Å². The topological polar surface area (TPSA) is 3.24 Å². The second-order valence-electron chi connectivity index (χ2n) is 4.84. The summed E-state index contributed by atoms with van der Waals surface area (Å²) in [6.45, 7) is 8.08. The van der Waals surface area contributed by atoms with E-state index in [0.29, 0.717) is 6.04 Å². The zero-order valence-corrected chi connectivity index (χ0v) is 9.46. The molecule has 0 aliphatic heterocycles. The van der Waals surface area contributed by atoms with E-state index in [4.69, 9.17) is 0 Å². The Kier molecular flexibility index (Phi) is 3.98. The summed E-state index contributed by atoms with van der Waals surface area (Å²) in [5.74, 6) is 1.57. The maximum absolute atomic E-state index is 2.48. The van der Waals surface area contributed by atoms with Crippen LogP contribution in [0, 0.1) is 11.8 Å². The van der Waals surface area contributed by atoms with Crippen LogP contribution in [0.4, 0.5) is 0 Å². The van der Waals surface area contributed by atoms with Gasteiger partial charge >= 0.3 is 0 Å². The summed E-state index contributed by atoms with van der Waals surface area (Å²) >= 11 is 0. The summed E-state index contributed by atoms with van der Waals surface area (Å²) < 4.78 is 0. The van der Waals surface area contributed by atoms with E-state index in [9.17, 15) is 0 Å². The van der Waals surface area contributed by atoms with Gasteiger partial charge in [0.15, 0.2) is 0 Å². The van der Waals surface area contributed by atoms with Crippen molar-refractivity contribution in [1.29, 1.82) is 0 Å². The highest BCUT2D eigenvalue weighted by Gasteiger charge is 2.16. The summed E-state index contributed by atoms with van der Waals surface area (Å²) in [6.07, 6.45) is 7.44. The number of nitrogens with zero attached hydrogens (tertiary/aromatic N) is 1. The first-order valence-electron chi connectivity index (χ1n) is 5.48. The Labute approximate surface area is 82.8 Å². The number of hydrogen-bond acceptors (Lipinski definition) is 1. The maximum Gasteiger partial charge on any atom is 0.0275 e. The highest BCUT2D eigenvalue weighted by molar-refractivity contribution is 5.00. The van der Waals surface area contributed by atoms with Crippen molar-refractivity contribution in [3.05, 3.63) is 12.2 Å². The Morgan fingerprint density at radius 3 is 2.46 bits per heavy atom. The van der Waals surface area contributed by atoms with Gasteiger partial charge in [0.1, 0.15) is 0 Å². The van der Waals surface area contributed by atoms with Gasteiger partial charge in [0.2, 0.25) is 0 Å². The van der Waals surface area contributed by atoms with Gasteiger partial charge in [-0.3, -0.25) is 4.90 Å². The number of likely N-dealkylation sites (N-methyl/N-ethyl adjacent to an activating group) is 1. The molecule has 0 saturated heterocycles. The smallest absolute Gasteiger partial charge is 0.0275 e. The molecule has 0 fully saturated rings. The predicted molar refractivity (Wildman–Crippen MR) is 58.8 cm³/mol. The molecule has 1 aliphatic carbocycles. The predicted octanol–water partition coefficient (Wildman–Crippen LogP) is 2.93. The molecule has 13 heavy (non-hydrogen) atoms. The molecule has 0 amide bonds.